The van der Waals surface area contributed by atoms with E-state index in [-0.39, 0.29) is 34.9 Å². The molecule has 202 valence electrons. The van der Waals surface area contributed by atoms with Gasteiger partial charge in [0.15, 0.2) is 0 Å². The van der Waals surface area contributed by atoms with Crippen molar-refractivity contribution in [2.24, 2.45) is 0 Å². The van der Waals surface area contributed by atoms with E-state index >= 15 is 0 Å². The van der Waals surface area contributed by atoms with Gasteiger partial charge >= 0.3 is 18.3 Å². The van der Waals surface area contributed by atoms with E-state index in [1.807, 2.05) is 0 Å². The van der Waals surface area contributed by atoms with Crippen LogP contribution < -0.4 is 4.74 Å². The van der Waals surface area contributed by atoms with Crippen LogP contribution in [0, 0.1) is 13.8 Å². The van der Waals surface area contributed by atoms with E-state index in [4.69, 9.17) is 14.0 Å². The average molecular weight is 533 g/mol. The molecule has 0 aliphatic heterocycles. The van der Waals surface area contributed by atoms with E-state index in [9.17, 15) is 23.1 Å². The molecule has 0 fully saturated rings. The van der Waals surface area contributed by atoms with Crippen molar-refractivity contribution in [2.75, 3.05) is 6.61 Å². The molecular weight excluding hydrogens is 505 g/mol. The Bertz CT molecular complexity index is 1460. The lowest BCUT2D eigenvalue weighted by Crippen LogP contribution is -2.27. The largest absolute Gasteiger partial charge is 0.465 e. The molecule has 3 aromatic heterocycles. The van der Waals surface area contributed by atoms with Crippen LogP contribution in [0.3, 0.4) is 0 Å². The summed E-state index contributed by atoms with van der Waals surface area (Å²) in [6.45, 7) is 10.5. The van der Waals surface area contributed by atoms with Gasteiger partial charge in [-0.05, 0) is 71.4 Å². The number of aliphatic hydroxyl groups is 1. The quantitative estimate of drug-likeness (QED) is 0.334. The molecule has 1 N–H and O–H groups in total. The predicted molar refractivity (Wildman–Crippen MR) is 131 cm³/mol. The molecule has 0 spiro atoms. The van der Waals surface area contributed by atoms with Gasteiger partial charge in [-0.25, -0.2) is 4.79 Å². The van der Waals surface area contributed by atoms with Crippen molar-refractivity contribution in [3.05, 3.63) is 58.7 Å². The first-order valence-corrected chi connectivity index (χ1v) is 11.8. The summed E-state index contributed by atoms with van der Waals surface area (Å²) in [6.07, 6.45) is -6.17. The predicted octanol–water partition coefficient (Wildman–Crippen LogP) is 5.99. The molecule has 12 heteroatoms. The van der Waals surface area contributed by atoms with Gasteiger partial charge in [0.2, 0.25) is 0 Å². The highest BCUT2D eigenvalue weighted by Gasteiger charge is 2.32. The number of hydrogen-bond acceptors (Lipinski definition) is 8. The Balaban J connectivity index is 1.98. The normalized spacial score (nSPS) is 13.1. The van der Waals surface area contributed by atoms with Crippen molar-refractivity contribution < 1.29 is 37.1 Å². The number of halogens is 3. The van der Waals surface area contributed by atoms with Gasteiger partial charge < -0.3 is 19.1 Å². The molecule has 0 saturated carbocycles. The van der Waals surface area contributed by atoms with E-state index in [1.165, 1.54) is 0 Å². The Morgan fingerprint density at radius 3 is 2.42 bits per heavy atom. The molecule has 4 aromatic rings. The lowest BCUT2D eigenvalue weighted by Gasteiger charge is -2.20. The first kappa shape index (κ1) is 27.1. The summed E-state index contributed by atoms with van der Waals surface area (Å²) in [5.74, 6) is 0.489. The van der Waals surface area contributed by atoms with Crippen molar-refractivity contribution >= 4 is 17.1 Å². The number of hydrogen-bond donors (Lipinski definition) is 1. The Labute approximate surface area is 216 Å². The van der Waals surface area contributed by atoms with Crippen LogP contribution in [0.1, 0.15) is 62.1 Å². The number of rotatable bonds is 5. The molecule has 38 heavy (non-hydrogen) atoms. The lowest BCUT2D eigenvalue weighted by atomic mass is 9.96. The van der Waals surface area contributed by atoms with Crippen molar-refractivity contribution in [2.45, 2.75) is 59.4 Å². The van der Waals surface area contributed by atoms with Gasteiger partial charge in [0, 0.05) is 17.3 Å². The molecule has 1 atom stereocenters. The fraction of sp³-hybridized carbons (Fsp3) is 0.385. The van der Waals surface area contributed by atoms with Gasteiger partial charge in [-0.1, -0.05) is 5.16 Å². The molecule has 1 aromatic carbocycles. The van der Waals surface area contributed by atoms with Crippen LogP contribution in [-0.4, -0.2) is 43.1 Å². The third kappa shape index (κ3) is 5.21. The SMILES string of the molecule is CCOc1nc2c(C(O)c3ccc(C(F)(F)F)cn3)cc(-c3c(C)noc3C)cc2n1C(=O)OC(C)(C)C. The maximum Gasteiger partial charge on any atom is 0.423 e. The first-order valence-electron chi connectivity index (χ1n) is 11.8. The zero-order valence-electron chi connectivity index (χ0n) is 21.7. The fourth-order valence-electron chi connectivity index (χ4n) is 4.03. The zero-order chi connectivity index (χ0) is 28.0. The monoisotopic (exact) mass is 532 g/mol. The van der Waals surface area contributed by atoms with Crippen molar-refractivity contribution in [3.63, 3.8) is 0 Å². The van der Waals surface area contributed by atoms with Crippen molar-refractivity contribution in [1.29, 1.82) is 0 Å². The topological polar surface area (TPSA) is 112 Å². The number of imidazole rings is 1. The smallest absolute Gasteiger partial charge is 0.423 e. The number of nitrogens with zero attached hydrogens (tertiary/aromatic N) is 4. The van der Waals surface area contributed by atoms with Crippen molar-refractivity contribution in [1.82, 2.24) is 19.7 Å². The fourth-order valence-corrected chi connectivity index (χ4v) is 4.03. The summed E-state index contributed by atoms with van der Waals surface area (Å²) in [4.78, 5) is 21.6. The number of ether oxygens (including phenoxy) is 2. The van der Waals surface area contributed by atoms with E-state index < -0.39 is 29.5 Å². The Morgan fingerprint density at radius 1 is 1.18 bits per heavy atom. The third-order valence-corrected chi connectivity index (χ3v) is 5.62. The van der Waals surface area contributed by atoms with Gasteiger partial charge in [0.1, 0.15) is 17.5 Å². The maximum atomic E-state index is 13.3. The van der Waals surface area contributed by atoms with Crippen LogP contribution in [0.2, 0.25) is 0 Å². The van der Waals surface area contributed by atoms with E-state index in [0.717, 1.165) is 16.7 Å². The van der Waals surface area contributed by atoms with Gasteiger partial charge in [0.25, 0.3) is 0 Å². The number of pyridine rings is 1. The Kier molecular flexibility index (Phi) is 6.96. The van der Waals surface area contributed by atoms with Crippen LogP contribution in [0.5, 0.6) is 6.01 Å². The number of carbonyl (C=O) groups is 1. The van der Waals surface area contributed by atoms with Crippen LogP contribution in [0.15, 0.2) is 35.0 Å². The molecule has 9 nitrogen and oxygen atoms in total. The summed E-state index contributed by atoms with van der Waals surface area (Å²) in [7, 11) is 0. The van der Waals surface area contributed by atoms with E-state index in [0.29, 0.717) is 28.8 Å². The standard InChI is InChI=1S/C26H27F3N4O5/c1-7-36-23-31-21-17(22(34)18-9-8-16(12-30-18)26(27,28)29)10-15(20-13(2)32-38-14(20)3)11-19(21)33(23)24(35)37-25(4,5)6/h8-12,22,34H,7H2,1-6H3. The molecule has 0 radical (unpaired) electrons. The van der Waals surface area contributed by atoms with Crippen molar-refractivity contribution in [3.8, 4) is 17.1 Å². The first-order chi connectivity index (χ1) is 17.7. The number of carbonyl (C=O) groups excluding carboxylic acids is 1. The van der Waals surface area contributed by atoms with Crippen LogP contribution in [-0.2, 0) is 10.9 Å². The number of benzene rings is 1. The molecule has 3 heterocycles. The second kappa shape index (κ2) is 9.75. The van der Waals surface area contributed by atoms with Gasteiger partial charge in [-0.3, -0.25) is 4.98 Å². The Morgan fingerprint density at radius 2 is 1.89 bits per heavy atom. The highest BCUT2D eigenvalue weighted by molar-refractivity contribution is 5.94. The summed E-state index contributed by atoms with van der Waals surface area (Å²) in [5, 5.41) is 15.3. The summed E-state index contributed by atoms with van der Waals surface area (Å²) in [5.41, 5.74) is 0.513. The van der Waals surface area contributed by atoms with Gasteiger partial charge in [0.05, 0.1) is 34.6 Å². The molecule has 0 bridgehead atoms. The molecule has 0 saturated heterocycles. The second-order valence-electron chi connectivity index (χ2n) is 9.65. The minimum absolute atomic E-state index is 0.0417. The second-order valence-corrected chi connectivity index (χ2v) is 9.65. The Hall–Kier alpha value is -3.93. The summed E-state index contributed by atoms with van der Waals surface area (Å²) < 4.78 is 56.9. The zero-order valence-corrected chi connectivity index (χ0v) is 21.7. The number of aromatic nitrogens is 4. The van der Waals surface area contributed by atoms with Gasteiger partial charge in [-0.15, -0.1) is 0 Å². The molecule has 4 rings (SSSR count). The average Bonchev–Trinajstić information content (AvgIpc) is 3.35. The van der Waals surface area contributed by atoms with Gasteiger partial charge in [-0.2, -0.15) is 22.7 Å². The van der Waals surface area contributed by atoms with E-state index in [2.05, 4.69) is 15.1 Å². The minimum atomic E-state index is -4.58. The highest BCUT2D eigenvalue weighted by Crippen LogP contribution is 2.38. The number of fused-ring (bicyclic) bond motifs is 1. The summed E-state index contributed by atoms with van der Waals surface area (Å²) in [6, 6.07) is 5.14. The minimum Gasteiger partial charge on any atom is -0.465 e. The van der Waals surface area contributed by atoms with Crippen LogP contribution >= 0.6 is 0 Å². The summed E-state index contributed by atoms with van der Waals surface area (Å²) >= 11 is 0. The molecule has 0 aliphatic rings. The maximum absolute atomic E-state index is 13.3. The van der Waals surface area contributed by atoms with E-state index in [1.54, 1.807) is 53.7 Å². The molecular formula is C26H27F3N4O5. The lowest BCUT2D eigenvalue weighted by molar-refractivity contribution is -0.137. The number of aryl methyl sites for hydroxylation is 2. The molecule has 0 aliphatic carbocycles. The number of aliphatic hydroxyl groups excluding tert-OH is 1. The highest BCUT2D eigenvalue weighted by atomic mass is 19.4. The third-order valence-electron chi connectivity index (χ3n) is 5.62. The number of alkyl halides is 3. The molecule has 0 amide bonds. The molecule has 1 unspecified atom stereocenters. The van der Waals surface area contributed by atoms with Crippen LogP contribution in [0.25, 0.3) is 22.2 Å². The van der Waals surface area contributed by atoms with Crippen LogP contribution in [0.4, 0.5) is 18.0 Å².